The first kappa shape index (κ1) is 15.5. The minimum Gasteiger partial charge on any atom is -0.465 e. The highest BCUT2D eigenvalue weighted by molar-refractivity contribution is 5.89. The van der Waals surface area contributed by atoms with E-state index in [1.165, 1.54) is 7.11 Å². The molecule has 1 heterocycles. The molecule has 5 nitrogen and oxygen atoms in total. The number of carbonyl (C=O) groups excluding carboxylic acids is 2. The molecule has 114 valence electrons. The number of amides is 1. The lowest BCUT2D eigenvalue weighted by molar-refractivity contribution is -0.137. The third-order valence-corrected chi connectivity index (χ3v) is 3.74. The molecule has 0 unspecified atom stereocenters. The summed E-state index contributed by atoms with van der Waals surface area (Å²) in [4.78, 5) is 25.4. The van der Waals surface area contributed by atoms with E-state index < -0.39 is 0 Å². The molecular weight excluding hydrogens is 270 g/mol. The zero-order valence-electron chi connectivity index (χ0n) is 12.5. The summed E-state index contributed by atoms with van der Waals surface area (Å²) in [5.74, 6) is -0.123. The smallest absolute Gasteiger partial charge is 0.337 e. The quantitative estimate of drug-likeness (QED) is 0.795. The van der Waals surface area contributed by atoms with Crippen LogP contribution in [0.2, 0.25) is 0 Å². The standard InChI is InChI=1S/C16H21NO4/c1-17(15(18)13-7-9-21-10-8-13)11-12-3-5-14(6-4-12)16(19)20-2/h3-6,13H,7-11H2,1-2H3. The van der Waals surface area contributed by atoms with Gasteiger partial charge < -0.3 is 14.4 Å². The Kier molecular flexibility index (Phi) is 5.33. The highest BCUT2D eigenvalue weighted by Crippen LogP contribution is 2.18. The summed E-state index contributed by atoms with van der Waals surface area (Å²) in [7, 11) is 3.17. The van der Waals surface area contributed by atoms with Crippen LogP contribution >= 0.6 is 0 Å². The van der Waals surface area contributed by atoms with Crippen molar-refractivity contribution in [3.63, 3.8) is 0 Å². The number of methoxy groups -OCH3 is 1. The van der Waals surface area contributed by atoms with Gasteiger partial charge in [-0.1, -0.05) is 12.1 Å². The molecule has 0 atom stereocenters. The maximum Gasteiger partial charge on any atom is 0.337 e. The van der Waals surface area contributed by atoms with Gasteiger partial charge in [0, 0.05) is 32.7 Å². The van der Waals surface area contributed by atoms with E-state index in [1.54, 1.807) is 17.0 Å². The minimum atomic E-state index is -0.354. The number of hydrogen-bond donors (Lipinski definition) is 0. The molecular formula is C16H21NO4. The highest BCUT2D eigenvalue weighted by Gasteiger charge is 2.24. The Labute approximate surface area is 124 Å². The summed E-state index contributed by atoms with van der Waals surface area (Å²) in [6, 6.07) is 7.13. The van der Waals surface area contributed by atoms with Crippen molar-refractivity contribution in [1.82, 2.24) is 4.90 Å². The molecule has 1 amide bonds. The van der Waals surface area contributed by atoms with E-state index in [9.17, 15) is 9.59 Å². The summed E-state index contributed by atoms with van der Waals surface area (Å²) < 4.78 is 9.94. The van der Waals surface area contributed by atoms with Crippen molar-refractivity contribution in [2.45, 2.75) is 19.4 Å². The van der Waals surface area contributed by atoms with Gasteiger partial charge in [-0.2, -0.15) is 0 Å². The second-order valence-corrected chi connectivity index (χ2v) is 5.27. The summed E-state index contributed by atoms with van der Waals surface area (Å²) in [5, 5.41) is 0. The fourth-order valence-corrected chi connectivity index (χ4v) is 2.47. The third kappa shape index (κ3) is 4.04. The first-order valence-electron chi connectivity index (χ1n) is 7.12. The van der Waals surface area contributed by atoms with Crippen LogP contribution in [0.1, 0.15) is 28.8 Å². The van der Waals surface area contributed by atoms with E-state index in [4.69, 9.17) is 4.74 Å². The molecule has 1 aliphatic heterocycles. The van der Waals surface area contributed by atoms with Crippen LogP contribution in [0.4, 0.5) is 0 Å². The molecule has 2 rings (SSSR count). The first-order valence-corrected chi connectivity index (χ1v) is 7.12. The van der Waals surface area contributed by atoms with Gasteiger partial charge >= 0.3 is 5.97 Å². The molecule has 0 bridgehead atoms. The zero-order valence-corrected chi connectivity index (χ0v) is 12.5. The topological polar surface area (TPSA) is 55.8 Å². The van der Waals surface area contributed by atoms with Crippen molar-refractivity contribution in [2.24, 2.45) is 5.92 Å². The van der Waals surface area contributed by atoms with Gasteiger partial charge in [0.1, 0.15) is 0 Å². The van der Waals surface area contributed by atoms with E-state index in [0.29, 0.717) is 25.3 Å². The van der Waals surface area contributed by atoms with Crippen LogP contribution in [0.25, 0.3) is 0 Å². The van der Waals surface area contributed by atoms with E-state index >= 15 is 0 Å². The lowest BCUT2D eigenvalue weighted by Gasteiger charge is -2.26. The molecule has 0 radical (unpaired) electrons. The Morgan fingerprint density at radius 2 is 1.86 bits per heavy atom. The van der Waals surface area contributed by atoms with Crippen LogP contribution in [0, 0.1) is 5.92 Å². The first-order chi connectivity index (χ1) is 10.1. The second kappa shape index (κ2) is 7.22. The maximum atomic E-state index is 12.3. The Morgan fingerprint density at radius 1 is 1.24 bits per heavy atom. The molecule has 1 fully saturated rings. The minimum absolute atomic E-state index is 0.0677. The van der Waals surface area contributed by atoms with Gasteiger partial charge in [-0.05, 0) is 30.5 Å². The molecule has 1 aliphatic rings. The lowest BCUT2D eigenvalue weighted by Crippen LogP contribution is -2.35. The van der Waals surface area contributed by atoms with Gasteiger partial charge in [-0.15, -0.1) is 0 Å². The number of esters is 1. The predicted molar refractivity (Wildman–Crippen MR) is 77.8 cm³/mol. The SMILES string of the molecule is COC(=O)c1ccc(CN(C)C(=O)C2CCOCC2)cc1. The van der Waals surface area contributed by atoms with E-state index in [2.05, 4.69) is 4.74 Å². The summed E-state index contributed by atoms with van der Waals surface area (Å²) in [6.45, 7) is 1.87. The number of ether oxygens (including phenoxy) is 2. The average molecular weight is 291 g/mol. The number of carbonyl (C=O) groups is 2. The van der Waals surface area contributed by atoms with Gasteiger partial charge in [0.15, 0.2) is 0 Å². The van der Waals surface area contributed by atoms with Crippen molar-refractivity contribution < 1.29 is 19.1 Å². The molecule has 1 aromatic rings. The largest absolute Gasteiger partial charge is 0.465 e. The molecule has 0 spiro atoms. The van der Waals surface area contributed by atoms with Gasteiger partial charge in [0.25, 0.3) is 0 Å². The second-order valence-electron chi connectivity index (χ2n) is 5.27. The van der Waals surface area contributed by atoms with Crippen LogP contribution < -0.4 is 0 Å². The normalized spacial score (nSPS) is 15.5. The Bertz CT molecular complexity index is 492. The zero-order chi connectivity index (χ0) is 15.2. The van der Waals surface area contributed by atoms with Crippen LogP contribution in [-0.2, 0) is 20.8 Å². The monoisotopic (exact) mass is 291 g/mol. The van der Waals surface area contributed by atoms with Crippen molar-refractivity contribution in [2.75, 3.05) is 27.4 Å². The molecule has 0 aromatic heterocycles. The lowest BCUT2D eigenvalue weighted by atomic mass is 9.98. The Morgan fingerprint density at radius 3 is 2.43 bits per heavy atom. The molecule has 0 saturated carbocycles. The summed E-state index contributed by atoms with van der Waals surface area (Å²) in [6.07, 6.45) is 1.59. The molecule has 21 heavy (non-hydrogen) atoms. The Hall–Kier alpha value is -1.88. The van der Waals surface area contributed by atoms with E-state index in [0.717, 1.165) is 18.4 Å². The van der Waals surface area contributed by atoms with Crippen molar-refractivity contribution in [3.8, 4) is 0 Å². The molecule has 0 N–H and O–H groups in total. The van der Waals surface area contributed by atoms with Crippen LogP contribution in [-0.4, -0.2) is 44.1 Å². The van der Waals surface area contributed by atoms with Crippen molar-refractivity contribution >= 4 is 11.9 Å². The molecule has 0 aliphatic carbocycles. The predicted octanol–water partition coefficient (Wildman–Crippen LogP) is 1.86. The van der Waals surface area contributed by atoms with Crippen LogP contribution in [0.3, 0.4) is 0 Å². The average Bonchev–Trinajstić information content (AvgIpc) is 2.55. The number of benzene rings is 1. The third-order valence-electron chi connectivity index (χ3n) is 3.74. The fourth-order valence-electron chi connectivity index (χ4n) is 2.47. The summed E-state index contributed by atoms with van der Waals surface area (Å²) in [5.41, 5.74) is 1.50. The van der Waals surface area contributed by atoms with Gasteiger partial charge in [-0.3, -0.25) is 4.79 Å². The Balaban J connectivity index is 1.93. The van der Waals surface area contributed by atoms with Crippen LogP contribution in [0.5, 0.6) is 0 Å². The molecule has 1 aromatic carbocycles. The van der Waals surface area contributed by atoms with Gasteiger partial charge in [0.05, 0.1) is 12.7 Å². The number of rotatable bonds is 4. The fraction of sp³-hybridized carbons (Fsp3) is 0.500. The van der Waals surface area contributed by atoms with Crippen LogP contribution in [0.15, 0.2) is 24.3 Å². The maximum absolute atomic E-state index is 12.3. The van der Waals surface area contributed by atoms with Crippen molar-refractivity contribution in [3.05, 3.63) is 35.4 Å². The number of nitrogens with zero attached hydrogens (tertiary/aromatic N) is 1. The molecule has 1 saturated heterocycles. The van der Waals surface area contributed by atoms with Gasteiger partial charge in [0.2, 0.25) is 5.91 Å². The van der Waals surface area contributed by atoms with E-state index in [-0.39, 0.29) is 17.8 Å². The van der Waals surface area contributed by atoms with Crippen molar-refractivity contribution in [1.29, 1.82) is 0 Å². The highest BCUT2D eigenvalue weighted by atomic mass is 16.5. The number of hydrogen-bond acceptors (Lipinski definition) is 4. The van der Waals surface area contributed by atoms with Gasteiger partial charge in [-0.25, -0.2) is 4.79 Å². The molecule has 5 heteroatoms. The summed E-state index contributed by atoms with van der Waals surface area (Å²) >= 11 is 0. The van der Waals surface area contributed by atoms with E-state index in [1.807, 2.05) is 19.2 Å².